The van der Waals surface area contributed by atoms with E-state index in [1.807, 2.05) is 25.1 Å². The van der Waals surface area contributed by atoms with E-state index in [2.05, 4.69) is 10.5 Å². The minimum absolute atomic E-state index is 0.158. The number of thiophene rings is 1. The van der Waals surface area contributed by atoms with Gasteiger partial charge in [0.2, 0.25) is 5.90 Å². The maximum Gasteiger partial charge on any atom is 0.414 e. The summed E-state index contributed by atoms with van der Waals surface area (Å²) >= 11 is 6.93. The topological polar surface area (TPSA) is 116 Å². The first kappa shape index (κ1) is 24.2. The number of rotatable bonds is 4. The SMILES string of the molecule is CC(NC(=O)OC1=NOC2(CCN(S(=O)(=O)c3ccc(Cl)s3)CC2)C1)c1cccc2c1OCCO2. The van der Waals surface area contributed by atoms with Crippen LogP contribution >= 0.6 is 22.9 Å². The molecule has 1 spiro atoms. The molecule has 4 heterocycles. The molecule has 1 aromatic carbocycles. The Hall–Kier alpha value is -2.54. The van der Waals surface area contributed by atoms with E-state index in [1.54, 1.807) is 6.07 Å². The van der Waals surface area contributed by atoms with E-state index in [1.165, 1.54) is 10.4 Å². The third-order valence-electron chi connectivity index (χ3n) is 6.20. The van der Waals surface area contributed by atoms with Crippen molar-refractivity contribution >= 4 is 45.0 Å². The van der Waals surface area contributed by atoms with Crippen LogP contribution < -0.4 is 14.8 Å². The number of alkyl carbamates (subject to hydrolysis) is 1. The zero-order chi connectivity index (χ0) is 24.6. The van der Waals surface area contributed by atoms with E-state index in [9.17, 15) is 13.2 Å². The summed E-state index contributed by atoms with van der Waals surface area (Å²) in [6.45, 7) is 3.28. The second kappa shape index (κ2) is 9.49. The van der Waals surface area contributed by atoms with Crippen LogP contribution in [0.15, 0.2) is 39.7 Å². The highest BCUT2D eigenvalue weighted by Crippen LogP contribution is 2.39. The van der Waals surface area contributed by atoms with Crippen LogP contribution in [0.25, 0.3) is 0 Å². The normalized spacial score (nSPS) is 20.1. The first-order chi connectivity index (χ1) is 16.8. The number of hydrogen-bond donors (Lipinski definition) is 1. The van der Waals surface area contributed by atoms with E-state index in [4.69, 9.17) is 30.6 Å². The lowest BCUT2D eigenvalue weighted by Crippen LogP contribution is -2.46. The average molecular weight is 542 g/mol. The average Bonchev–Trinajstić information content (AvgIpc) is 3.45. The molecule has 10 nitrogen and oxygen atoms in total. The molecule has 3 aliphatic heterocycles. The van der Waals surface area contributed by atoms with Gasteiger partial charge in [-0.3, -0.25) is 0 Å². The number of amides is 1. The molecule has 35 heavy (non-hydrogen) atoms. The maximum absolute atomic E-state index is 12.8. The summed E-state index contributed by atoms with van der Waals surface area (Å²) in [5, 5.41) is 6.74. The summed E-state index contributed by atoms with van der Waals surface area (Å²) in [6, 6.07) is 8.20. The smallest absolute Gasteiger partial charge is 0.414 e. The van der Waals surface area contributed by atoms with E-state index >= 15 is 0 Å². The van der Waals surface area contributed by atoms with Crippen molar-refractivity contribution in [3.8, 4) is 11.5 Å². The molecule has 1 atom stereocenters. The van der Waals surface area contributed by atoms with Crippen molar-refractivity contribution < 1.29 is 32.3 Å². The number of nitrogens with one attached hydrogen (secondary N) is 1. The highest BCUT2D eigenvalue weighted by Gasteiger charge is 2.46. The number of benzene rings is 1. The van der Waals surface area contributed by atoms with Crippen LogP contribution in [0.4, 0.5) is 4.79 Å². The lowest BCUT2D eigenvalue weighted by atomic mass is 9.89. The molecule has 13 heteroatoms. The molecular formula is C22H24ClN3O7S2. The molecule has 2 aromatic rings. The van der Waals surface area contributed by atoms with Gasteiger partial charge in [0, 0.05) is 31.5 Å². The summed E-state index contributed by atoms with van der Waals surface area (Å²) in [6.07, 6.45) is 0.465. The van der Waals surface area contributed by atoms with Gasteiger partial charge in [-0.15, -0.1) is 11.3 Å². The highest BCUT2D eigenvalue weighted by atomic mass is 35.5. The van der Waals surface area contributed by atoms with E-state index in [0.717, 1.165) is 16.9 Å². The van der Waals surface area contributed by atoms with Gasteiger partial charge in [0.1, 0.15) is 23.0 Å². The molecule has 1 unspecified atom stereocenters. The van der Waals surface area contributed by atoms with Crippen molar-refractivity contribution in [3.63, 3.8) is 0 Å². The molecule has 1 amide bonds. The van der Waals surface area contributed by atoms with E-state index in [-0.39, 0.29) is 29.6 Å². The van der Waals surface area contributed by atoms with Gasteiger partial charge in [0.25, 0.3) is 10.0 Å². The standard InChI is InChI=1S/C22H24ClN3O7S2/c1-14(15-3-2-4-16-20(15)31-12-11-30-16)24-21(27)32-18-13-22(33-25-18)7-9-26(10-8-22)35(28,29)19-6-5-17(23)34-19/h2-6,14H,7-13H2,1H3,(H,24,27). The van der Waals surface area contributed by atoms with Crippen LogP contribution in [-0.2, 0) is 19.6 Å². The Bertz CT molecular complexity index is 1260. The number of carbonyl (C=O) groups is 1. The number of piperidine rings is 1. The van der Waals surface area contributed by atoms with Gasteiger partial charge in [-0.1, -0.05) is 28.9 Å². The quantitative estimate of drug-likeness (QED) is 0.623. The minimum Gasteiger partial charge on any atom is -0.486 e. The van der Waals surface area contributed by atoms with Gasteiger partial charge < -0.3 is 24.4 Å². The second-order valence-electron chi connectivity index (χ2n) is 8.53. The van der Waals surface area contributed by atoms with Crippen molar-refractivity contribution in [3.05, 3.63) is 40.2 Å². The lowest BCUT2D eigenvalue weighted by Gasteiger charge is -2.35. The number of fused-ring (bicyclic) bond motifs is 1. The van der Waals surface area contributed by atoms with Crippen LogP contribution in [0.5, 0.6) is 11.5 Å². The molecule has 0 radical (unpaired) electrons. The molecular weight excluding hydrogens is 518 g/mol. The molecule has 1 N–H and O–H groups in total. The predicted octanol–water partition coefficient (Wildman–Crippen LogP) is 3.92. The fraction of sp³-hybridized carbons (Fsp3) is 0.455. The number of sulfonamides is 1. The largest absolute Gasteiger partial charge is 0.486 e. The summed E-state index contributed by atoms with van der Waals surface area (Å²) < 4.78 is 44.4. The van der Waals surface area contributed by atoms with Crippen LogP contribution in [0, 0.1) is 0 Å². The zero-order valence-electron chi connectivity index (χ0n) is 18.9. The fourth-order valence-electron chi connectivity index (χ4n) is 4.34. The Balaban J connectivity index is 1.15. The summed E-state index contributed by atoms with van der Waals surface area (Å²) in [5.74, 6) is 1.41. The molecule has 1 aromatic heterocycles. The van der Waals surface area contributed by atoms with Gasteiger partial charge in [-0.25, -0.2) is 13.2 Å². The van der Waals surface area contributed by atoms with Crippen molar-refractivity contribution in [1.82, 2.24) is 9.62 Å². The van der Waals surface area contributed by atoms with Gasteiger partial charge >= 0.3 is 6.09 Å². The van der Waals surface area contributed by atoms with Crippen LogP contribution in [-0.4, -0.2) is 56.6 Å². The van der Waals surface area contributed by atoms with Crippen molar-refractivity contribution in [1.29, 1.82) is 0 Å². The highest BCUT2D eigenvalue weighted by molar-refractivity contribution is 7.91. The fourth-order valence-corrected chi connectivity index (χ4v) is 7.42. The molecule has 0 bridgehead atoms. The first-order valence-corrected chi connectivity index (χ1v) is 13.8. The van der Waals surface area contributed by atoms with Crippen molar-refractivity contribution in [2.24, 2.45) is 5.16 Å². The zero-order valence-corrected chi connectivity index (χ0v) is 21.2. The number of oxime groups is 1. The number of ether oxygens (including phenoxy) is 3. The Morgan fingerprint density at radius 1 is 1.23 bits per heavy atom. The number of nitrogens with zero attached hydrogens (tertiary/aromatic N) is 2. The molecule has 1 fully saturated rings. The van der Waals surface area contributed by atoms with Gasteiger partial charge in [0.05, 0.1) is 16.8 Å². The third kappa shape index (κ3) is 4.92. The number of halogens is 1. The Morgan fingerprint density at radius 2 is 2.00 bits per heavy atom. The summed E-state index contributed by atoms with van der Waals surface area (Å²) in [7, 11) is -3.61. The summed E-state index contributed by atoms with van der Waals surface area (Å²) in [5.41, 5.74) is 0.0881. The van der Waals surface area contributed by atoms with Crippen LogP contribution in [0.1, 0.15) is 37.8 Å². The number of hydrogen-bond acceptors (Lipinski definition) is 9. The second-order valence-corrected chi connectivity index (χ2v) is 12.4. The Labute approximate surface area is 211 Å². The van der Waals surface area contributed by atoms with Gasteiger partial charge in [0.15, 0.2) is 11.5 Å². The minimum atomic E-state index is -3.61. The Kier molecular flexibility index (Phi) is 6.55. The predicted molar refractivity (Wildman–Crippen MR) is 129 cm³/mol. The van der Waals surface area contributed by atoms with E-state index in [0.29, 0.717) is 41.9 Å². The van der Waals surface area contributed by atoms with Crippen LogP contribution in [0.2, 0.25) is 4.34 Å². The molecule has 3 aliphatic rings. The lowest BCUT2D eigenvalue weighted by molar-refractivity contribution is -0.0506. The van der Waals surface area contributed by atoms with Gasteiger partial charge in [-0.05, 0) is 25.1 Å². The van der Waals surface area contributed by atoms with Crippen LogP contribution in [0.3, 0.4) is 0 Å². The van der Waals surface area contributed by atoms with Gasteiger partial charge in [-0.2, -0.15) is 4.31 Å². The molecule has 188 valence electrons. The molecule has 0 saturated carbocycles. The molecule has 5 rings (SSSR count). The first-order valence-electron chi connectivity index (χ1n) is 11.1. The molecule has 0 aliphatic carbocycles. The van der Waals surface area contributed by atoms with Crippen molar-refractivity contribution in [2.75, 3.05) is 26.3 Å². The third-order valence-corrected chi connectivity index (χ3v) is 9.80. The summed E-state index contributed by atoms with van der Waals surface area (Å²) in [4.78, 5) is 18.2. The monoisotopic (exact) mass is 541 g/mol. The number of para-hydroxylation sites is 1. The Morgan fingerprint density at radius 3 is 2.74 bits per heavy atom. The molecule has 1 saturated heterocycles. The maximum atomic E-state index is 12.8. The van der Waals surface area contributed by atoms with Crippen molar-refractivity contribution in [2.45, 2.75) is 42.0 Å². The van der Waals surface area contributed by atoms with E-state index < -0.39 is 27.8 Å². The number of carbonyl (C=O) groups excluding carboxylic acids is 1.